The molecule has 0 spiro atoms. The first-order chi connectivity index (χ1) is 8.08. The molecule has 2 rings (SSSR count). The van der Waals surface area contributed by atoms with Gasteiger partial charge in [-0.3, -0.25) is 9.59 Å². The molecule has 0 aromatic heterocycles. The summed E-state index contributed by atoms with van der Waals surface area (Å²) in [5.41, 5.74) is 0. The molecular weight excluding hydrogens is 222 g/mol. The van der Waals surface area contributed by atoms with Crippen LogP contribution in [-0.4, -0.2) is 47.7 Å². The zero-order valence-corrected chi connectivity index (χ0v) is 10.1. The molecule has 2 aliphatic heterocycles. The molecule has 0 aromatic rings. The minimum absolute atomic E-state index is 0.0697. The molecule has 2 saturated heterocycles. The second-order valence-corrected chi connectivity index (χ2v) is 5.04. The molecule has 0 bridgehead atoms. The van der Waals surface area contributed by atoms with Crippen molar-refractivity contribution < 1.29 is 19.4 Å². The van der Waals surface area contributed by atoms with E-state index in [0.29, 0.717) is 26.1 Å². The maximum Gasteiger partial charge on any atom is 0.308 e. The first-order valence-electron chi connectivity index (χ1n) is 6.21. The quantitative estimate of drug-likeness (QED) is 0.774. The van der Waals surface area contributed by atoms with E-state index in [9.17, 15) is 9.59 Å². The van der Waals surface area contributed by atoms with E-state index in [-0.39, 0.29) is 17.9 Å². The lowest BCUT2D eigenvalue weighted by atomic mass is 9.96. The van der Waals surface area contributed by atoms with E-state index < -0.39 is 11.9 Å². The van der Waals surface area contributed by atoms with Crippen LogP contribution in [0.2, 0.25) is 0 Å². The molecule has 1 amide bonds. The molecule has 0 radical (unpaired) electrons. The minimum atomic E-state index is -0.793. The Labute approximate surface area is 101 Å². The van der Waals surface area contributed by atoms with Gasteiger partial charge in [0.2, 0.25) is 5.91 Å². The van der Waals surface area contributed by atoms with Crippen molar-refractivity contribution in [2.75, 3.05) is 19.7 Å². The molecule has 96 valence electrons. The summed E-state index contributed by atoms with van der Waals surface area (Å²) in [5.74, 6) is -1.19. The number of carboxylic acid groups (broad SMARTS) is 1. The molecule has 0 aliphatic carbocycles. The first-order valence-corrected chi connectivity index (χ1v) is 6.21. The zero-order valence-electron chi connectivity index (χ0n) is 10.1. The lowest BCUT2D eigenvalue weighted by molar-refractivity contribution is -0.146. The third-order valence-electron chi connectivity index (χ3n) is 3.63. The van der Waals surface area contributed by atoms with Crippen molar-refractivity contribution in [1.82, 2.24) is 4.90 Å². The van der Waals surface area contributed by atoms with Crippen LogP contribution in [0.25, 0.3) is 0 Å². The maximum atomic E-state index is 12.2. The van der Waals surface area contributed by atoms with Gasteiger partial charge in [-0.2, -0.15) is 0 Å². The van der Waals surface area contributed by atoms with Crippen LogP contribution in [-0.2, 0) is 14.3 Å². The van der Waals surface area contributed by atoms with Crippen molar-refractivity contribution in [1.29, 1.82) is 0 Å². The number of ether oxygens (including phenoxy) is 1. The topological polar surface area (TPSA) is 66.8 Å². The minimum Gasteiger partial charge on any atom is -0.481 e. The van der Waals surface area contributed by atoms with Gasteiger partial charge in [-0.25, -0.2) is 0 Å². The number of carbonyl (C=O) groups excluding carboxylic acids is 1. The zero-order chi connectivity index (χ0) is 12.4. The number of amides is 1. The van der Waals surface area contributed by atoms with Gasteiger partial charge in [0.25, 0.3) is 0 Å². The average Bonchev–Trinajstić information content (AvgIpc) is 2.75. The fourth-order valence-corrected chi connectivity index (χ4v) is 2.63. The van der Waals surface area contributed by atoms with Gasteiger partial charge in [0.05, 0.1) is 24.5 Å². The maximum absolute atomic E-state index is 12.2. The van der Waals surface area contributed by atoms with Crippen molar-refractivity contribution in [3.8, 4) is 0 Å². The van der Waals surface area contributed by atoms with Crippen molar-refractivity contribution in [3.05, 3.63) is 0 Å². The SMILES string of the molecule is CC1CC(C(=O)N2CCC[C@@H](C(=O)O)C2)CO1. The van der Waals surface area contributed by atoms with Crippen LogP contribution in [0.5, 0.6) is 0 Å². The number of likely N-dealkylation sites (tertiary alicyclic amines) is 1. The van der Waals surface area contributed by atoms with Gasteiger partial charge < -0.3 is 14.7 Å². The highest BCUT2D eigenvalue weighted by atomic mass is 16.5. The van der Waals surface area contributed by atoms with Crippen molar-refractivity contribution in [3.63, 3.8) is 0 Å². The van der Waals surface area contributed by atoms with Gasteiger partial charge in [0.1, 0.15) is 0 Å². The highest BCUT2D eigenvalue weighted by Crippen LogP contribution is 2.24. The molecule has 0 saturated carbocycles. The lowest BCUT2D eigenvalue weighted by Crippen LogP contribution is -2.45. The molecule has 2 unspecified atom stereocenters. The van der Waals surface area contributed by atoms with Gasteiger partial charge >= 0.3 is 5.97 Å². The molecular formula is C12H19NO4. The van der Waals surface area contributed by atoms with Gasteiger partial charge in [0, 0.05) is 13.1 Å². The third kappa shape index (κ3) is 2.77. The van der Waals surface area contributed by atoms with E-state index in [1.807, 2.05) is 6.92 Å². The molecule has 5 heteroatoms. The molecule has 3 atom stereocenters. The summed E-state index contributed by atoms with van der Waals surface area (Å²) >= 11 is 0. The highest BCUT2D eigenvalue weighted by Gasteiger charge is 2.35. The van der Waals surface area contributed by atoms with E-state index in [2.05, 4.69) is 0 Å². The standard InChI is InChI=1S/C12H19NO4/c1-8-5-10(7-17-8)11(14)13-4-2-3-9(6-13)12(15)16/h8-10H,2-7H2,1H3,(H,15,16)/t8?,9-,10?/m1/s1. The number of carboxylic acids is 1. The summed E-state index contributed by atoms with van der Waals surface area (Å²) in [5, 5.41) is 8.98. The third-order valence-corrected chi connectivity index (χ3v) is 3.63. The number of hydrogen-bond acceptors (Lipinski definition) is 3. The van der Waals surface area contributed by atoms with E-state index in [0.717, 1.165) is 12.8 Å². The van der Waals surface area contributed by atoms with E-state index in [1.165, 1.54) is 0 Å². The highest BCUT2D eigenvalue weighted by molar-refractivity contribution is 5.80. The van der Waals surface area contributed by atoms with E-state index in [1.54, 1.807) is 4.90 Å². The molecule has 2 aliphatic rings. The predicted molar refractivity (Wildman–Crippen MR) is 60.5 cm³/mol. The van der Waals surface area contributed by atoms with Crippen LogP contribution in [0.1, 0.15) is 26.2 Å². The van der Waals surface area contributed by atoms with Crippen molar-refractivity contribution in [2.45, 2.75) is 32.3 Å². The summed E-state index contributed by atoms with van der Waals surface area (Å²) in [6, 6.07) is 0. The summed E-state index contributed by atoms with van der Waals surface area (Å²) in [4.78, 5) is 24.8. The Hall–Kier alpha value is -1.10. The smallest absolute Gasteiger partial charge is 0.308 e. The molecule has 17 heavy (non-hydrogen) atoms. The van der Waals surface area contributed by atoms with Crippen LogP contribution >= 0.6 is 0 Å². The van der Waals surface area contributed by atoms with Gasteiger partial charge in [-0.1, -0.05) is 0 Å². The van der Waals surface area contributed by atoms with Crippen LogP contribution in [0.3, 0.4) is 0 Å². The molecule has 2 heterocycles. The lowest BCUT2D eigenvalue weighted by Gasteiger charge is -2.32. The van der Waals surface area contributed by atoms with Gasteiger partial charge in [0.15, 0.2) is 0 Å². The summed E-state index contributed by atoms with van der Waals surface area (Å²) in [6.07, 6.45) is 2.36. The average molecular weight is 241 g/mol. The molecule has 1 N–H and O–H groups in total. The summed E-state index contributed by atoms with van der Waals surface area (Å²) < 4.78 is 5.39. The fraction of sp³-hybridized carbons (Fsp3) is 0.833. The number of carbonyl (C=O) groups is 2. The van der Waals surface area contributed by atoms with Gasteiger partial charge in [-0.15, -0.1) is 0 Å². The van der Waals surface area contributed by atoms with Crippen LogP contribution < -0.4 is 0 Å². The summed E-state index contributed by atoms with van der Waals surface area (Å²) in [6.45, 7) is 3.49. The Morgan fingerprint density at radius 2 is 2.12 bits per heavy atom. The van der Waals surface area contributed by atoms with Crippen molar-refractivity contribution in [2.24, 2.45) is 11.8 Å². The Balaban J connectivity index is 1.93. The van der Waals surface area contributed by atoms with Crippen molar-refractivity contribution >= 4 is 11.9 Å². The number of aliphatic carboxylic acids is 1. The number of nitrogens with zero attached hydrogens (tertiary/aromatic N) is 1. The Morgan fingerprint density at radius 3 is 2.71 bits per heavy atom. The fourth-order valence-electron chi connectivity index (χ4n) is 2.63. The number of hydrogen-bond donors (Lipinski definition) is 1. The Kier molecular flexibility index (Phi) is 3.66. The number of piperidine rings is 1. The van der Waals surface area contributed by atoms with Crippen LogP contribution in [0.4, 0.5) is 0 Å². The molecule has 2 fully saturated rings. The monoisotopic (exact) mass is 241 g/mol. The van der Waals surface area contributed by atoms with Gasteiger partial charge in [-0.05, 0) is 26.2 Å². The second kappa shape index (κ2) is 5.04. The Morgan fingerprint density at radius 1 is 1.35 bits per heavy atom. The Bertz CT molecular complexity index is 318. The van der Waals surface area contributed by atoms with E-state index >= 15 is 0 Å². The molecule has 0 aromatic carbocycles. The predicted octanol–water partition coefficient (Wildman–Crippen LogP) is 0.735. The van der Waals surface area contributed by atoms with E-state index in [4.69, 9.17) is 9.84 Å². The normalized spacial score (nSPS) is 33.7. The largest absolute Gasteiger partial charge is 0.481 e. The van der Waals surface area contributed by atoms with Crippen LogP contribution in [0.15, 0.2) is 0 Å². The number of rotatable bonds is 2. The first kappa shape index (κ1) is 12.4. The van der Waals surface area contributed by atoms with Crippen LogP contribution in [0, 0.1) is 11.8 Å². The summed E-state index contributed by atoms with van der Waals surface area (Å²) in [7, 11) is 0. The second-order valence-electron chi connectivity index (χ2n) is 5.04. The molecule has 5 nitrogen and oxygen atoms in total.